The molecule has 1 aliphatic rings. The van der Waals surface area contributed by atoms with Gasteiger partial charge >= 0.3 is 0 Å². The number of amides is 1. The molecule has 1 aliphatic heterocycles. The Balaban J connectivity index is 2.00. The summed E-state index contributed by atoms with van der Waals surface area (Å²) in [5.41, 5.74) is 0.770. The molecule has 2 heterocycles. The summed E-state index contributed by atoms with van der Waals surface area (Å²) in [4.78, 5) is 15.6. The molecule has 5 heteroatoms. The van der Waals surface area contributed by atoms with Gasteiger partial charge in [-0.1, -0.05) is 0 Å². The first-order valence-electron chi connectivity index (χ1n) is 5.04. The van der Waals surface area contributed by atoms with Crippen molar-refractivity contribution in [2.75, 3.05) is 13.2 Å². The van der Waals surface area contributed by atoms with Crippen LogP contribution in [0.5, 0.6) is 0 Å². The number of hydrogen-bond donors (Lipinski definition) is 1. The lowest BCUT2D eigenvalue weighted by atomic mass is 10.2. The molecular weight excluding hydrogens is 206 g/mol. The maximum Gasteiger partial charge on any atom is 0.270 e. The molecular formula is C11H11N3O2. The van der Waals surface area contributed by atoms with E-state index in [1.54, 1.807) is 12.1 Å². The van der Waals surface area contributed by atoms with Crippen LogP contribution in [0.4, 0.5) is 0 Å². The van der Waals surface area contributed by atoms with E-state index in [0.29, 0.717) is 24.5 Å². The molecule has 1 N–H and O–H groups in total. The van der Waals surface area contributed by atoms with E-state index in [1.165, 1.54) is 6.20 Å². The van der Waals surface area contributed by atoms with Gasteiger partial charge in [-0.15, -0.1) is 0 Å². The second-order valence-electron chi connectivity index (χ2n) is 3.58. The number of aromatic nitrogens is 1. The van der Waals surface area contributed by atoms with Gasteiger partial charge in [-0.25, -0.2) is 4.98 Å². The maximum atomic E-state index is 11.7. The molecule has 1 fully saturated rings. The molecule has 1 atom stereocenters. The van der Waals surface area contributed by atoms with Gasteiger partial charge in [-0.2, -0.15) is 5.26 Å². The Morgan fingerprint density at radius 1 is 1.62 bits per heavy atom. The lowest BCUT2D eigenvalue weighted by molar-refractivity contribution is 0.0925. The molecule has 0 spiro atoms. The van der Waals surface area contributed by atoms with Gasteiger partial charge in [0.25, 0.3) is 5.91 Å². The second kappa shape index (κ2) is 4.73. The largest absolute Gasteiger partial charge is 0.379 e. The smallest absolute Gasteiger partial charge is 0.270 e. The Labute approximate surface area is 93.1 Å². The molecule has 16 heavy (non-hydrogen) atoms. The quantitative estimate of drug-likeness (QED) is 0.781. The highest BCUT2D eigenvalue weighted by Crippen LogP contribution is 2.05. The van der Waals surface area contributed by atoms with Crippen LogP contribution in [0.1, 0.15) is 22.5 Å². The van der Waals surface area contributed by atoms with Gasteiger partial charge in [0.05, 0.1) is 18.2 Å². The van der Waals surface area contributed by atoms with Crippen LogP contribution >= 0.6 is 0 Å². The summed E-state index contributed by atoms with van der Waals surface area (Å²) in [5, 5.41) is 11.4. The van der Waals surface area contributed by atoms with Gasteiger partial charge in [0.15, 0.2) is 0 Å². The normalized spacial score (nSPS) is 19.1. The van der Waals surface area contributed by atoms with Crippen molar-refractivity contribution in [2.24, 2.45) is 0 Å². The zero-order valence-corrected chi connectivity index (χ0v) is 8.64. The van der Waals surface area contributed by atoms with E-state index in [2.05, 4.69) is 10.3 Å². The third-order valence-corrected chi connectivity index (χ3v) is 2.39. The molecule has 0 radical (unpaired) electrons. The number of hydrogen-bond acceptors (Lipinski definition) is 4. The Bertz CT molecular complexity index is 416. The van der Waals surface area contributed by atoms with Crippen molar-refractivity contribution in [1.29, 1.82) is 5.26 Å². The topological polar surface area (TPSA) is 75.0 Å². The average molecular weight is 217 g/mol. The fourth-order valence-corrected chi connectivity index (χ4v) is 1.50. The number of nitrogens with zero attached hydrogens (tertiary/aromatic N) is 2. The second-order valence-corrected chi connectivity index (χ2v) is 3.58. The van der Waals surface area contributed by atoms with Crippen molar-refractivity contribution in [3.63, 3.8) is 0 Å². The first-order chi connectivity index (χ1) is 7.79. The maximum absolute atomic E-state index is 11.7. The van der Waals surface area contributed by atoms with Crippen molar-refractivity contribution in [2.45, 2.75) is 12.5 Å². The molecule has 1 aromatic rings. The highest BCUT2D eigenvalue weighted by atomic mass is 16.5. The predicted octanol–water partition coefficient (Wildman–Crippen LogP) is 0.472. The number of pyridine rings is 1. The fraction of sp³-hybridized carbons (Fsp3) is 0.364. The minimum atomic E-state index is -0.222. The third-order valence-electron chi connectivity index (χ3n) is 2.39. The number of carbonyl (C=O) groups is 1. The van der Waals surface area contributed by atoms with E-state index in [4.69, 9.17) is 10.00 Å². The summed E-state index contributed by atoms with van der Waals surface area (Å²) in [6.45, 7) is 1.24. The summed E-state index contributed by atoms with van der Waals surface area (Å²) >= 11 is 0. The van der Waals surface area contributed by atoms with E-state index in [9.17, 15) is 4.79 Å². The summed E-state index contributed by atoms with van der Waals surface area (Å²) in [7, 11) is 0. The Morgan fingerprint density at radius 2 is 2.50 bits per heavy atom. The van der Waals surface area contributed by atoms with Gasteiger partial charge in [0.2, 0.25) is 0 Å². The van der Waals surface area contributed by atoms with Gasteiger partial charge in [-0.3, -0.25) is 4.79 Å². The number of carbonyl (C=O) groups excluding carboxylic acids is 1. The Hall–Kier alpha value is -1.93. The van der Waals surface area contributed by atoms with Gasteiger partial charge in [-0.05, 0) is 18.6 Å². The summed E-state index contributed by atoms with van der Waals surface area (Å²) in [5.74, 6) is -0.222. The van der Waals surface area contributed by atoms with Crippen LogP contribution in [0.2, 0.25) is 0 Å². The number of nitriles is 1. The minimum Gasteiger partial charge on any atom is -0.379 e. The van der Waals surface area contributed by atoms with Crippen molar-refractivity contribution in [3.05, 3.63) is 29.6 Å². The molecule has 0 bridgehead atoms. The molecule has 82 valence electrons. The molecule has 1 aromatic heterocycles. The van der Waals surface area contributed by atoms with Crippen molar-refractivity contribution >= 4 is 5.91 Å². The van der Waals surface area contributed by atoms with Gasteiger partial charge < -0.3 is 10.1 Å². The number of rotatable bonds is 2. The zero-order chi connectivity index (χ0) is 11.4. The first kappa shape index (κ1) is 10.6. The van der Waals surface area contributed by atoms with Crippen LogP contribution in [0, 0.1) is 11.3 Å². The van der Waals surface area contributed by atoms with E-state index in [0.717, 1.165) is 6.42 Å². The SMILES string of the molecule is N#Cc1ccc(C(=O)NC2CCOC2)nc1. The van der Waals surface area contributed by atoms with Gasteiger partial charge in [0.1, 0.15) is 11.8 Å². The van der Waals surface area contributed by atoms with E-state index in [-0.39, 0.29) is 11.9 Å². The third kappa shape index (κ3) is 2.35. The number of nitrogens with one attached hydrogen (secondary N) is 1. The van der Waals surface area contributed by atoms with E-state index in [1.807, 2.05) is 6.07 Å². The molecule has 0 aliphatic carbocycles. The van der Waals surface area contributed by atoms with Crippen LogP contribution < -0.4 is 5.32 Å². The van der Waals surface area contributed by atoms with E-state index < -0.39 is 0 Å². The summed E-state index contributed by atoms with van der Waals surface area (Å²) in [6.07, 6.45) is 2.22. The molecule has 2 rings (SSSR count). The number of ether oxygens (including phenoxy) is 1. The van der Waals surface area contributed by atoms with Crippen LogP contribution in [-0.4, -0.2) is 30.1 Å². The monoisotopic (exact) mass is 217 g/mol. The molecule has 1 amide bonds. The van der Waals surface area contributed by atoms with Crippen molar-refractivity contribution < 1.29 is 9.53 Å². The highest BCUT2D eigenvalue weighted by Gasteiger charge is 2.18. The standard InChI is InChI=1S/C11H11N3O2/c12-5-8-1-2-10(13-6-8)11(15)14-9-3-4-16-7-9/h1-2,6,9H,3-4,7H2,(H,14,15). The van der Waals surface area contributed by atoms with Crippen LogP contribution in [0.3, 0.4) is 0 Å². The summed E-state index contributed by atoms with van der Waals surface area (Å²) < 4.78 is 5.15. The molecule has 0 saturated carbocycles. The molecule has 1 saturated heterocycles. The fourth-order valence-electron chi connectivity index (χ4n) is 1.50. The molecule has 0 aromatic carbocycles. The molecule has 1 unspecified atom stereocenters. The van der Waals surface area contributed by atoms with Gasteiger partial charge in [0, 0.05) is 12.8 Å². The van der Waals surface area contributed by atoms with Crippen LogP contribution in [-0.2, 0) is 4.74 Å². The van der Waals surface area contributed by atoms with Crippen molar-refractivity contribution in [1.82, 2.24) is 10.3 Å². The Kier molecular flexibility index (Phi) is 3.13. The van der Waals surface area contributed by atoms with Crippen LogP contribution in [0.25, 0.3) is 0 Å². The highest BCUT2D eigenvalue weighted by molar-refractivity contribution is 5.92. The Morgan fingerprint density at radius 3 is 3.06 bits per heavy atom. The average Bonchev–Trinajstić information content (AvgIpc) is 2.82. The predicted molar refractivity (Wildman–Crippen MR) is 55.6 cm³/mol. The molecule has 5 nitrogen and oxygen atoms in total. The lowest BCUT2D eigenvalue weighted by Gasteiger charge is -2.09. The van der Waals surface area contributed by atoms with Crippen LogP contribution in [0.15, 0.2) is 18.3 Å². The summed E-state index contributed by atoms with van der Waals surface area (Å²) in [6, 6.07) is 5.15. The lowest BCUT2D eigenvalue weighted by Crippen LogP contribution is -2.35. The zero-order valence-electron chi connectivity index (χ0n) is 8.64. The first-order valence-corrected chi connectivity index (χ1v) is 5.04. The van der Waals surface area contributed by atoms with Crippen molar-refractivity contribution in [3.8, 4) is 6.07 Å². The van der Waals surface area contributed by atoms with E-state index >= 15 is 0 Å². The minimum absolute atomic E-state index is 0.0740.